The maximum absolute atomic E-state index is 9.23. The fourth-order valence-corrected chi connectivity index (χ4v) is 2.50. The predicted molar refractivity (Wildman–Crippen MR) is 93.1 cm³/mol. The first-order valence-corrected chi connectivity index (χ1v) is 7.71. The molecule has 0 spiro atoms. The summed E-state index contributed by atoms with van der Waals surface area (Å²) >= 11 is 0. The van der Waals surface area contributed by atoms with Crippen molar-refractivity contribution in [3.05, 3.63) is 64.7 Å². The number of benzene rings is 2. The highest BCUT2D eigenvalue weighted by molar-refractivity contribution is 5.49. The third kappa shape index (κ3) is 4.09. The molecule has 2 N–H and O–H groups in total. The lowest BCUT2D eigenvalue weighted by Gasteiger charge is -2.18. The van der Waals surface area contributed by atoms with Gasteiger partial charge in [0.2, 0.25) is 0 Å². The fourth-order valence-electron chi connectivity index (χ4n) is 2.50. The number of aliphatic hydroxyl groups excluding tert-OH is 1. The Labute approximate surface area is 133 Å². The van der Waals surface area contributed by atoms with Crippen LogP contribution in [0.4, 0.5) is 5.69 Å². The van der Waals surface area contributed by atoms with E-state index in [0.29, 0.717) is 0 Å². The van der Waals surface area contributed by atoms with Crippen LogP contribution in [0.2, 0.25) is 0 Å². The molecule has 0 aromatic heterocycles. The first kappa shape index (κ1) is 16.5. The number of aryl methyl sites for hydroxylation is 1. The molecule has 3 nitrogen and oxygen atoms in total. The molecular weight excluding hydrogens is 272 g/mol. The van der Waals surface area contributed by atoms with Gasteiger partial charge in [-0.25, -0.2) is 0 Å². The summed E-state index contributed by atoms with van der Waals surface area (Å²) in [6.07, 6.45) is 0. The van der Waals surface area contributed by atoms with Crippen molar-refractivity contribution in [3.63, 3.8) is 0 Å². The largest absolute Gasteiger partial charge is 0.392 e. The lowest BCUT2D eigenvalue weighted by molar-refractivity contribution is 0.281. The molecule has 0 fully saturated rings. The average Bonchev–Trinajstić information content (AvgIpc) is 2.53. The van der Waals surface area contributed by atoms with Crippen molar-refractivity contribution in [1.29, 1.82) is 0 Å². The van der Waals surface area contributed by atoms with Crippen LogP contribution in [-0.4, -0.2) is 19.2 Å². The van der Waals surface area contributed by atoms with E-state index in [1.807, 2.05) is 12.1 Å². The standard InChI is InChI=1S/C19H26N2O/c1-14-10-19(21(3)4)9-8-18(14)12-20-15(2)17-7-5-6-16(11-17)13-22/h5-11,15,20,22H,12-13H2,1-4H3. The highest BCUT2D eigenvalue weighted by Gasteiger charge is 2.07. The summed E-state index contributed by atoms with van der Waals surface area (Å²) in [6, 6.07) is 14.9. The molecular formula is C19H26N2O. The molecule has 2 aromatic rings. The van der Waals surface area contributed by atoms with Gasteiger partial charge in [0, 0.05) is 32.4 Å². The van der Waals surface area contributed by atoms with Gasteiger partial charge in [-0.05, 0) is 48.2 Å². The topological polar surface area (TPSA) is 35.5 Å². The van der Waals surface area contributed by atoms with Crippen LogP contribution < -0.4 is 10.2 Å². The maximum atomic E-state index is 9.23. The monoisotopic (exact) mass is 298 g/mol. The molecule has 118 valence electrons. The van der Waals surface area contributed by atoms with Gasteiger partial charge in [-0.2, -0.15) is 0 Å². The number of aliphatic hydroxyl groups is 1. The molecule has 0 heterocycles. The van der Waals surface area contributed by atoms with E-state index in [0.717, 1.165) is 12.1 Å². The van der Waals surface area contributed by atoms with Gasteiger partial charge in [0.05, 0.1) is 6.61 Å². The zero-order valence-electron chi connectivity index (χ0n) is 13.9. The second-order valence-corrected chi connectivity index (χ2v) is 6.01. The van der Waals surface area contributed by atoms with Gasteiger partial charge >= 0.3 is 0 Å². The smallest absolute Gasteiger partial charge is 0.0681 e. The lowest BCUT2D eigenvalue weighted by Crippen LogP contribution is -2.19. The molecule has 0 aliphatic rings. The van der Waals surface area contributed by atoms with Crippen LogP contribution in [0.3, 0.4) is 0 Å². The molecule has 0 saturated carbocycles. The molecule has 2 rings (SSSR count). The molecule has 22 heavy (non-hydrogen) atoms. The summed E-state index contributed by atoms with van der Waals surface area (Å²) in [5, 5.41) is 12.8. The van der Waals surface area contributed by atoms with Crippen molar-refractivity contribution in [3.8, 4) is 0 Å². The highest BCUT2D eigenvalue weighted by Crippen LogP contribution is 2.19. The van der Waals surface area contributed by atoms with Crippen LogP contribution >= 0.6 is 0 Å². The van der Waals surface area contributed by atoms with E-state index in [1.54, 1.807) is 0 Å². The van der Waals surface area contributed by atoms with E-state index < -0.39 is 0 Å². The molecule has 0 aliphatic carbocycles. The van der Waals surface area contributed by atoms with E-state index in [9.17, 15) is 5.11 Å². The van der Waals surface area contributed by atoms with Gasteiger partial charge in [-0.15, -0.1) is 0 Å². The Hall–Kier alpha value is -1.84. The third-order valence-corrected chi connectivity index (χ3v) is 4.07. The van der Waals surface area contributed by atoms with Crippen LogP contribution in [0.15, 0.2) is 42.5 Å². The first-order chi connectivity index (χ1) is 10.5. The minimum atomic E-state index is 0.0890. The Morgan fingerprint density at radius 3 is 2.55 bits per heavy atom. The van der Waals surface area contributed by atoms with Gasteiger partial charge in [0.15, 0.2) is 0 Å². The highest BCUT2D eigenvalue weighted by atomic mass is 16.3. The van der Waals surface area contributed by atoms with E-state index >= 15 is 0 Å². The molecule has 0 bridgehead atoms. The summed E-state index contributed by atoms with van der Waals surface area (Å²) in [4.78, 5) is 2.12. The molecule has 0 saturated heterocycles. The Balaban J connectivity index is 2.03. The summed E-state index contributed by atoms with van der Waals surface area (Å²) in [5.74, 6) is 0. The Morgan fingerprint density at radius 2 is 1.91 bits per heavy atom. The van der Waals surface area contributed by atoms with Crippen LogP contribution in [0.25, 0.3) is 0 Å². The molecule has 1 unspecified atom stereocenters. The molecule has 0 radical (unpaired) electrons. The van der Waals surface area contributed by atoms with Crippen molar-refractivity contribution in [2.24, 2.45) is 0 Å². The quantitative estimate of drug-likeness (QED) is 0.858. The van der Waals surface area contributed by atoms with Gasteiger partial charge in [-0.3, -0.25) is 0 Å². The summed E-state index contributed by atoms with van der Waals surface area (Å²) in [6.45, 7) is 5.23. The number of rotatable bonds is 6. The zero-order valence-corrected chi connectivity index (χ0v) is 13.9. The second kappa shape index (κ2) is 7.43. The van der Waals surface area contributed by atoms with Crippen LogP contribution in [0.1, 0.15) is 35.2 Å². The second-order valence-electron chi connectivity index (χ2n) is 6.01. The van der Waals surface area contributed by atoms with Gasteiger partial charge < -0.3 is 15.3 Å². The average molecular weight is 298 g/mol. The molecule has 3 heteroatoms. The first-order valence-electron chi connectivity index (χ1n) is 7.71. The van der Waals surface area contributed by atoms with Gasteiger partial charge in [0.1, 0.15) is 0 Å². The number of anilines is 1. The normalized spacial score (nSPS) is 12.2. The number of hydrogen-bond donors (Lipinski definition) is 2. The van der Waals surface area contributed by atoms with E-state index in [-0.39, 0.29) is 12.6 Å². The summed E-state index contributed by atoms with van der Waals surface area (Å²) in [5.41, 5.74) is 6.00. The van der Waals surface area contributed by atoms with Gasteiger partial charge in [0.25, 0.3) is 0 Å². The van der Waals surface area contributed by atoms with Crippen LogP contribution in [0.5, 0.6) is 0 Å². The predicted octanol–water partition coefficient (Wildman–Crippen LogP) is 3.40. The van der Waals surface area contributed by atoms with Crippen molar-refractivity contribution in [2.45, 2.75) is 33.0 Å². The third-order valence-electron chi connectivity index (χ3n) is 4.07. The van der Waals surface area contributed by atoms with Gasteiger partial charge in [-0.1, -0.05) is 30.3 Å². The summed E-state index contributed by atoms with van der Waals surface area (Å²) in [7, 11) is 4.12. The minimum Gasteiger partial charge on any atom is -0.392 e. The number of hydrogen-bond acceptors (Lipinski definition) is 3. The minimum absolute atomic E-state index is 0.0890. The molecule has 2 aromatic carbocycles. The van der Waals surface area contributed by atoms with Crippen LogP contribution in [-0.2, 0) is 13.2 Å². The number of nitrogens with one attached hydrogen (secondary N) is 1. The van der Waals surface area contributed by atoms with Crippen molar-refractivity contribution < 1.29 is 5.11 Å². The fraction of sp³-hybridized carbons (Fsp3) is 0.368. The Morgan fingerprint density at radius 1 is 1.14 bits per heavy atom. The SMILES string of the molecule is Cc1cc(N(C)C)ccc1CNC(C)c1cccc(CO)c1. The van der Waals surface area contributed by atoms with Crippen molar-refractivity contribution >= 4 is 5.69 Å². The summed E-state index contributed by atoms with van der Waals surface area (Å²) < 4.78 is 0. The molecule has 1 atom stereocenters. The van der Waals surface area contributed by atoms with E-state index in [1.165, 1.54) is 22.4 Å². The maximum Gasteiger partial charge on any atom is 0.0681 e. The number of nitrogens with zero attached hydrogens (tertiary/aromatic N) is 1. The Bertz CT molecular complexity index is 623. The van der Waals surface area contributed by atoms with E-state index in [4.69, 9.17) is 0 Å². The Kier molecular flexibility index (Phi) is 5.58. The lowest BCUT2D eigenvalue weighted by atomic mass is 10.0. The van der Waals surface area contributed by atoms with Crippen LogP contribution in [0, 0.1) is 6.92 Å². The molecule has 0 aliphatic heterocycles. The zero-order chi connectivity index (χ0) is 16.1. The van der Waals surface area contributed by atoms with Crippen molar-refractivity contribution in [1.82, 2.24) is 5.32 Å². The molecule has 0 amide bonds. The van der Waals surface area contributed by atoms with E-state index in [2.05, 4.69) is 68.5 Å². The van der Waals surface area contributed by atoms with Crippen molar-refractivity contribution in [2.75, 3.05) is 19.0 Å².